The third kappa shape index (κ3) is 6.09. The van der Waals surface area contributed by atoms with E-state index in [2.05, 4.69) is 10.0 Å². The van der Waals surface area contributed by atoms with E-state index in [1.165, 1.54) is 36.6 Å². The molecule has 1 unspecified atom stereocenters. The molecular weight excluding hydrogens is 426 g/mol. The van der Waals surface area contributed by atoms with E-state index in [0.29, 0.717) is 16.9 Å². The number of carbonyl (C=O) groups excluding carboxylic acids is 1. The number of carbonyl (C=O) groups is 1. The van der Waals surface area contributed by atoms with Crippen molar-refractivity contribution in [3.8, 4) is 0 Å². The summed E-state index contributed by atoms with van der Waals surface area (Å²) in [4.78, 5) is 12.2. The first-order chi connectivity index (χ1) is 14.7. The molecule has 31 heavy (non-hydrogen) atoms. The number of nitrogens with one attached hydrogen (secondary N) is 2. The maximum absolute atomic E-state index is 13.3. The second-order valence-corrected chi connectivity index (χ2v) is 8.48. The SMILES string of the molecule is CC(NC(=O)/C=C/c1ccc(S(=O)(=O)NCc2ccco2)cc1)c1ccc(F)c(F)c1. The van der Waals surface area contributed by atoms with Crippen molar-refractivity contribution in [2.45, 2.75) is 24.4 Å². The molecule has 1 amide bonds. The van der Waals surface area contributed by atoms with Gasteiger partial charge in [0.05, 0.1) is 23.7 Å². The second kappa shape index (κ2) is 9.67. The van der Waals surface area contributed by atoms with Crippen molar-refractivity contribution in [3.05, 3.63) is 95.5 Å². The molecule has 3 rings (SSSR count). The lowest BCUT2D eigenvalue weighted by Crippen LogP contribution is -2.24. The minimum atomic E-state index is -3.71. The van der Waals surface area contributed by atoms with Gasteiger partial charge in [0, 0.05) is 6.08 Å². The Bertz CT molecular complexity index is 1170. The van der Waals surface area contributed by atoms with Crippen molar-refractivity contribution < 1.29 is 26.4 Å². The van der Waals surface area contributed by atoms with E-state index < -0.39 is 33.6 Å². The molecule has 0 radical (unpaired) electrons. The molecule has 0 aliphatic rings. The fraction of sp³-hybridized carbons (Fsp3) is 0.136. The number of rotatable bonds is 8. The number of furan rings is 1. The van der Waals surface area contributed by atoms with Gasteiger partial charge >= 0.3 is 0 Å². The van der Waals surface area contributed by atoms with Crippen LogP contribution in [-0.2, 0) is 21.4 Å². The zero-order valence-electron chi connectivity index (χ0n) is 16.5. The average Bonchev–Trinajstić information content (AvgIpc) is 3.27. The summed E-state index contributed by atoms with van der Waals surface area (Å²) in [6.07, 6.45) is 4.24. The normalized spacial score (nSPS) is 12.7. The van der Waals surface area contributed by atoms with Crippen LogP contribution in [0.15, 0.2) is 76.2 Å². The lowest BCUT2D eigenvalue weighted by atomic mass is 10.1. The maximum Gasteiger partial charge on any atom is 0.244 e. The van der Waals surface area contributed by atoms with Gasteiger partial charge in [-0.3, -0.25) is 4.79 Å². The molecule has 0 aliphatic heterocycles. The van der Waals surface area contributed by atoms with Crippen molar-refractivity contribution >= 4 is 22.0 Å². The first-order valence-electron chi connectivity index (χ1n) is 9.30. The van der Waals surface area contributed by atoms with E-state index in [4.69, 9.17) is 4.42 Å². The summed E-state index contributed by atoms with van der Waals surface area (Å²) in [6.45, 7) is 1.68. The number of hydrogen-bond donors (Lipinski definition) is 2. The maximum atomic E-state index is 13.3. The average molecular weight is 446 g/mol. The molecule has 0 spiro atoms. The van der Waals surface area contributed by atoms with Crippen LogP contribution >= 0.6 is 0 Å². The van der Waals surface area contributed by atoms with Gasteiger partial charge in [0.25, 0.3) is 0 Å². The largest absolute Gasteiger partial charge is 0.468 e. The molecule has 1 heterocycles. The van der Waals surface area contributed by atoms with Crippen LogP contribution in [0, 0.1) is 11.6 Å². The third-order valence-electron chi connectivity index (χ3n) is 4.44. The van der Waals surface area contributed by atoms with E-state index in [1.807, 2.05) is 0 Å². The van der Waals surface area contributed by atoms with Gasteiger partial charge in [0.2, 0.25) is 15.9 Å². The Morgan fingerprint density at radius 2 is 1.84 bits per heavy atom. The van der Waals surface area contributed by atoms with Crippen LogP contribution in [-0.4, -0.2) is 14.3 Å². The Labute approximate surface area is 178 Å². The van der Waals surface area contributed by atoms with Gasteiger partial charge in [0.1, 0.15) is 5.76 Å². The molecule has 9 heteroatoms. The quantitative estimate of drug-likeness (QED) is 0.514. The molecule has 1 aromatic heterocycles. The number of benzene rings is 2. The van der Waals surface area contributed by atoms with E-state index in [-0.39, 0.29) is 11.4 Å². The summed E-state index contributed by atoms with van der Waals surface area (Å²) >= 11 is 0. The summed E-state index contributed by atoms with van der Waals surface area (Å²) in [5.41, 5.74) is 1.04. The van der Waals surface area contributed by atoms with Crippen LogP contribution in [0.1, 0.15) is 29.9 Å². The lowest BCUT2D eigenvalue weighted by Gasteiger charge is -2.13. The van der Waals surface area contributed by atoms with Gasteiger partial charge in [-0.25, -0.2) is 21.9 Å². The van der Waals surface area contributed by atoms with Crippen molar-refractivity contribution in [2.75, 3.05) is 0 Å². The standard InChI is InChI=1S/C22H20F2N2O4S/c1-15(17-7-10-20(23)21(24)13-17)26-22(27)11-6-16-4-8-19(9-5-16)31(28,29)25-14-18-3-2-12-30-18/h2-13,15,25H,14H2,1H3,(H,26,27)/b11-6+. The molecule has 162 valence electrons. The first kappa shape index (κ1) is 22.4. The molecule has 3 aromatic rings. The molecule has 0 aliphatic carbocycles. The zero-order valence-corrected chi connectivity index (χ0v) is 17.3. The van der Waals surface area contributed by atoms with Crippen LogP contribution in [0.3, 0.4) is 0 Å². The summed E-state index contributed by atoms with van der Waals surface area (Å²) in [7, 11) is -3.71. The molecular formula is C22H20F2N2O4S. The highest BCUT2D eigenvalue weighted by molar-refractivity contribution is 7.89. The van der Waals surface area contributed by atoms with E-state index in [9.17, 15) is 22.0 Å². The third-order valence-corrected chi connectivity index (χ3v) is 5.85. The van der Waals surface area contributed by atoms with E-state index in [1.54, 1.807) is 31.2 Å². The molecule has 0 fully saturated rings. The van der Waals surface area contributed by atoms with Crippen molar-refractivity contribution in [2.24, 2.45) is 0 Å². The minimum absolute atomic E-state index is 0.0350. The number of sulfonamides is 1. The van der Waals surface area contributed by atoms with Crippen molar-refractivity contribution in [3.63, 3.8) is 0 Å². The molecule has 1 atom stereocenters. The van der Waals surface area contributed by atoms with Crippen LogP contribution in [0.5, 0.6) is 0 Å². The van der Waals surface area contributed by atoms with Gasteiger partial charge in [0.15, 0.2) is 11.6 Å². The number of halogens is 2. The van der Waals surface area contributed by atoms with Crippen LogP contribution in [0.2, 0.25) is 0 Å². The van der Waals surface area contributed by atoms with Crippen LogP contribution in [0.25, 0.3) is 6.08 Å². The Kier molecular flexibility index (Phi) is 6.98. The molecule has 0 saturated heterocycles. The topological polar surface area (TPSA) is 88.4 Å². The molecule has 0 bridgehead atoms. The van der Waals surface area contributed by atoms with Gasteiger partial charge in [-0.05, 0) is 60.5 Å². The smallest absolute Gasteiger partial charge is 0.244 e. The molecule has 0 saturated carbocycles. The summed E-state index contributed by atoms with van der Waals surface area (Å²) < 4.78 is 58.5. The van der Waals surface area contributed by atoms with Gasteiger partial charge < -0.3 is 9.73 Å². The Balaban J connectivity index is 1.58. The van der Waals surface area contributed by atoms with Gasteiger partial charge in [-0.15, -0.1) is 0 Å². The Hall–Kier alpha value is -3.30. The van der Waals surface area contributed by atoms with Gasteiger partial charge in [-0.1, -0.05) is 18.2 Å². The van der Waals surface area contributed by atoms with Crippen molar-refractivity contribution in [1.29, 1.82) is 0 Å². The molecule has 2 N–H and O–H groups in total. The number of amides is 1. The minimum Gasteiger partial charge on any atom is -0.468 e. The predicted molar refractivity (Wildman–Crippen MR) is 111 cm³/mol. The highest BCUT2D eigenvalue weighted by Crippen LogP contribution is 2.16. The molecule has 2 aromatic carbocycles. The highest BCUT2D eigenvalue weighted by atomic mass is 32.2. The first-order valence-corrected chi connectivity index (χ1v) is 10.8. The Morgan fingerprint density at radius 3 is 2.48 bits per heavy atom. The molecule has 6 nitrogen and oxygen atoms in total. The second-order valence-electron chi connectivity index (χ2n) is 6.71. The highest BCUT2D eigenvalue weighted by Gasteiger charge is 2.14. The van der Waals surface area contributed by atoms with Crippen molar-refractivity contribution in [1.82, 2.24) is 10.0 Å². The Morgan fingerprint density at radius 1 is 1.10 bits per heavy atom. The fourth-order valence-corrected chi connectivity index (χ4v) is 3.71. The van der Waals surface area contributed by atoms with Crippen LogP contribution in [0.4, 0.5) is 8.78 Å². The van der Waals surface area contributed by atoms with Gasteiger partial charge in [-0.2, -0.15) is 0 Å². The predicted octanol–water partition coefficient (Wildman–Crippen LogP) is 3.93. The summed E-state index contributed by atoms with van der Waals surface area (Å²) in [6, 6.07) is 12.2. The van der Waals surface area contributed by atoms with E-state index >= 15 is 0 Å². The summed E-state index contributed by atoms with van der Waals surface area (Å²) in [5.74, 6) is -1.88. The van der Waals surface area contributed by atoms with E-state index in [0.717, 1.165) is 12.1 Å². The van der Waals surface area contributed by atoms with Crippen LogP contribution < -0.4 is 10.0 Å². The number of hydrogen-bond acceptors (Lipinski definition) is 4. The monoisotopic (exact) mass is 446 g/mol. The zero-order chi connectivity index (χ0) is 22.4. The summed E-state index contributed by atoms with van der Waals surface area (Å²) in [5, 5.41) is 2.65. The fourth-order valence-electron chi connectivity index (χ4n) is 2.72. The lowest BCUT2D eigenvalue weighted by molar-refractivity contribution is -0.117.